The van der Waals surface area contributed by atoms with Crippen molar-refractivity contribution in [1.29, 1.82) is 0 Å². The highest BCUT2D eigenvalue weighted by Gasteiger charge is 2.34. The first-order valence-corrected chi connectivity index (χ1v) is 15.2. The van der Waals surface area contributed by atoms with Crippen LogP contribution in [0.5, 0.6) is 0 Å². The standard InChI is InChI=1S/C32H41N3O4S/c1-7-29(32(37)33-20-23(2)3)34(21-27-18-16-24(4)17-19-27)31(36)22-35(30-15-11-12-25(5)26(30)6)40(38,39)28-13-9-8-10-14-28/h8-19,23,29H,7,20-22H2,1-6H3,(H,33,37)/t29-/m0/s1. The Labute approximate surface area is 239 Å². The van der Waals surface area contributed by atoms with E-state index in [1.165, 1.54) is 21.3 Å². The quantitative estimate of drug-likeness (QED) is 0.320. The van der Waals surface area contributed by atoms with Gasteiger partial charge in [0.15, 0.2) is 0 Å². The van der Waals surface area contributed by atoms with Crippen LogP contribution in [0.4, 0.5) is 5.69 Å². The third-order valence-corrected chi connectivity index (χ3v) is 8.77. The minimum atomic E-state index is -4.09. The smallest absolute Gasteiger partial charge is 0.264 e. The van der Waals surface area contributed by atoms with E-state index in [2.05, 4.69) is 5.32 Å². The van der Waals surface area contributed by atoms with Crippen molar-refractivity contribution in [3.63, 3.8) is 0 Å². The minimum absolute atomic E-state index is 0.0931. The highest BCUT2D eigenvalue weighted by atomic mass is 32.2. The Hall–Kier alpha value is -3.65. The van der Waals surface area contributed by atoms with Gasteiger partial charge in [0.1, 0.15) is 12.6 Å². The molecule has 40 heavy (non-hydrogen) atoms. The van der Waals surface area contributed by atoms with Crippen LogP contribution < -0.4 is 9.62 Å². The van der Waals surface area contributed by atoms with E-state index in [1.54, 1.807) is 30.3 Å². The van der Waals surface area contributed by atoms with E-state index in [4.69, 9.17) is 0 Å². The molecule has 0 heterocycles. The fourth-order valence-corrected chi connectivity index (χ4v) is 5.96. The van der Waals surface area contributed by atoms with Gasteiger partial charge in [-0.2, -0.15) is 0 Å². The zero-order chi connectivity index (χ0) is 29.4. The average molecular weight is 564 g/mol. The lowest BCUT2D eigenvalue weighted by molar-refractivity contribution is -0.140. The van der Waals surface area contributed by atoms with Crippen molar-refractivity contribution in [3.8, 4) is 0 Å². The van der Waals surface area contributed by atoms with Gasteiger partial charge in [0.25, 0.3) is 10.0 Å². The molecule has 0 aliphatic carbocycles. The Morgan fingerprint density at radius 2 is 1.52 bits per heavy atom. The van der Waals surface area contributed by atoms with Gasteiger partial charge in [-0.15, -0.1) is 0 Å². The fraction of sp³-hybridized carbons (Fsp3) is 0.375. The number of rotatable bonds is 12. The number of sulfonamides is 1. The van der Waals surface area contributed by atoms with Crippen LogP contribution in [0.1, 0.15) is 49.4 Å². The van der Waals surface area contributed by atoms with E-state index >= 15 is 0 Å². The van der Waals surface area contributed by atoms with Gasteiger partial charge >= 0.3 is 0 Å². The number of amides is 2. The summed E-state index contributed by atoms with van der Waals surface area (Å²) in [7, 11) is -4.09. The molecule has 3 rings (SSSR count). The molecule has 0 saturated carbocycles. The predicted octanol–water partition coefficient (Wildman–Crippen LogP) is 5.39. The molecule has 0 aliphatic rings. The van der Waals surface area contributed by atoms with Crippen molar-refractivity contribution >= 4 is 27.5 Å². The molecule has 0 aromatic heterocycles. The second-order valence-electron chi connectivity index (χ2n) is 10.6. The number of carbonyl (C=O) groups excluding carboxylic acids is 2. The second-order valence-corrected chi connectivity index (χ2v) is 12.5. The van der Waals surface area contributed by atoms with Crippen LogP contribution in [-0.2, 0) is 26.2 Å². The number of aryl methyl sites for hydroxylation is 2. The zero-order valence-electron chi connectivity index (χ0n) is 24.3. The Morgan fingerprint density at radius 1 is 0.875 bits per heavy atom. The average Bonchev–Trinajstić information content (AvgIpc) is 2.93. The maximum atomic E-state index is 14.2. The Balaban J connectivity index is 2.07. The Kier molecular flexibility index (Phi) is 10.5. The lowest BCUT2D eigenvalue weighted by atomic mass is 10.1. The molecule has 8 heteroatoms. The van der Waals surface area contributed by atoms with Gasteiger partial charge in [-0.05, 0) is 68.0 Å². The van der Waals surface area contributed by atoms with Crippen LogP contribution in [0, 0.1) is 26.7 Å². The van der Waals surface area contributed by atoms with Gasteiger partial charge in [0.2, 0.25) is 11.8 Å². The van der Waals surface area contributed by atoms with Crippen molar-refractivity contribution in [3.05, 3.63) is 95.1 Å². The van der Waals surface area contributed by atoms with Gasteiger partial charge in [-0.25, -0.2) is 8.42 Å². The maximum Gasteiger partial charge on any atom is 0.264 e. The fourth-order valence-electron chi connectivity index (χ4n) is 4.47. The highest BCUT2D eigenvalue weighted by molar-refractivity contribution is 7.92. The maximum absolute atomic E-state index is 14.2. The first-order chi connectivity index (χ1) is 18.9. The Morgan fingerprint density at radius 3 is 2.12 bits per heavy atom. The minimum Gasteiger partial charge on any atom is -0.354 e. The van der Waals surface area contributed by atoms with Crippen LogP contribution in [0.2, 0.25) is 0 Å². The molecule has 0 aliphatic heterocycles. The molecule has 0 bridgehead atoms. The van der Waals surface area contributed by atoms with Gasteiger partial charge in [-0.3, -0.25) is 13.9 Å². The molecule has 0 saturated heterocycles. The van der Waals surface area contributed by atoms with E-state index in [0.717, 1.165) is 22.3 Å². The van der Waals surface area contributed by atoms with Crippen LogP contribution in [0.3, 0.4) is 0 Å². The number of carbonyl (C=O) groups is 2. The van der Waals surface area contributed by atoms with Crippen molar-refractivity contribution in [1.82, 2.24) is 10.2 Å². The molecule has 3 aromatic carbocycles. The van der Waals surface area contributed by atoms with Gasteiger partial charge in [-0.1, -0.05) is 80.9 Å². The SMILES string of the molecule is CC[C@@H](C(=O)NCC(C)C)N(Cc1ccc(C)cc1)C(=O)CN(c1cccc(C)c1C)S(=O)(=O)c1ccccc1. The molecular weight excluding hydrogens is 522 g/mol. The lowest BCUT2D eigenvalue weighted by Crippen LogP contribution is -2.52. The molecule has 0 fully saturated rings. The molecule has 1 atom stereocenters. The zero-order valence-corrected chi connectivity index (χ0v) is 25.2. The third-order valence-electron chi connectivity index (χ3n) is 7.00. The summed E-state index contributed by atoms with van der Waals surface area (Å²) in [5, 5.41) is 2.96. The number of hydrogen-bond donors (Lipinski definition) is 1. The van der Waals surface area contributed by atoms with Gasteiger partial charge < -0.3 is 10.2 Å². The molecule has 0 radical (unpaired) electrons. The van der Waals surface area contributed by atoms with E-state index in [1.807, 2.05) is 71.9 Å². The topological polar surface area (TPSA) is 86.8 Å². The predicted molar refractivity (Wildman–Crippen MR) is 161 cm³/mol. The Bertz CT molecular complexity index is 1400. The summed E-state index contributed by atoms with van der Waals surface area (Å²) in [6.45, 7) is 11.8. The number of hydrogen-bond acceptors (Lipinski definition) is 4. The van der Waals surface area contributed by atoms with Gasteiger partial charge in [0.05, 0.1) is 10.6 Å². The summed E-state index contributed by atoms with van der Waals surface area (Å²) in [6.07, 6.45) is 0.385. The molecule has 1 N–H and O–H groups in total. The van der Waals surface area contributed by atoms with Crippen LogP contribution in [-0.4, -0.2) is 44.3 Å². The number of nitrogens with one attached hydrogen (secondary N) is 1. The van der Waals surface area contributed by atoms with E-state index in [9.17, 15) is 18.0 Å². The van der Waals surface area contributed by atoms with E-state index in [-0.39, 0.29) is 23.3 Å². The molecule has 214 valence electrons. The molecular formula is C32H41N3O4S. The summed E-state index contributed by atoms with van der Waals surface area (Å²) < 4.78 is 29.1. The van der Waals surface area contributed by atoms with E-state index in [0.29, 0.717) is 18.7 Å². The van der Waals surface area contributed by atoms with Crippen LogP contribution in [0.25, 0.3) is 0 Å². The highest BCUT2D eigenvalue weighted by Crippen LogP contribution is 2.29. The number of nitrogens with zero attached hydrogens (tertiary/aromatic N) is 2. The molecule has 2 amide bonds. The van der Waals surface area contributed by atoms with E-state index < -0.39 is 28.5 Å². The third kappa shape index (κ3) is 7.50. The van der Waals surface area contributed by atoms with Crippen molar-refractivity contribution < 1.29 is 18.0 Å². The first-order valence-electron chi connectivity index (χ1n) is 13.7. The normalized spacial score (nSPS) is 12.2. The number of anilines is 1. The van der Waals surface area contributed by atoms with Crippen molar-refractivity contribution in [2.75, 3.05) is 17.4 Å². The molecule has 0 unspecified atom stereocenters. The summed E-state index contributed by atoms with van der Waals surface area (Å²) in [6, 6.07) is 20.5. The first kappa shape index (κ1) is 30.9. The second kappa shape index (κ2) is 13.6. The van der Waals surface area contributed by atoms with Crippen molar-refractivity contribution in [2.45, 2.75) is 65.4 Å². The van der Waals surface area contributed by atoms with Crippen LogP contribution in [0.15, 0.2) is 77.7 Å². The molecule has 7 nitrogen and oxygen atoms in total. The molecule has 0 spiro atoms. The van der Waals surface area contributed by atoms with Crippen LogP contribution >= 0.6 is 0 Å². The lowest BCUT2D eigenvalue weighted by Gasteiger charge is -2.34. The summed E-state index contributed by atoms with van der Waals surface area (Å²) in [5.74, 6) is -0.452. The summed E-state index contributed by atoms with van der Waals surface area (Å²) in [5.41, 5.74) is 4.05. The summed E-state index contributed by atoms with van der Waals surface area (Å²) >= 11 is 0. The van der Waals surface area contributed by atoms with Gasteiger partial charge in [0, 0.05) is 13.1 Å². The summed E-state index contributed by atoms with van der Waals surface area (Å²) in [4.78, 5) is 29.1. The van der Waals surface area contributed by atoms with Crippen molar-refractivity contribution in [2.24, 2.45) is 5.92 Å². The monoisotopic (exact) mass is 563 g/mol. The largest absolute Gasteiger partial charge is 0.354 e. The molecule has 3 aromatic rings. The number of benzene rings is 3.